The van der Waals surface area contributed by atoms with E-state index in [1.54, 1.807) is 0 Å². The number of nitrogens with zero attached hydrogens (tertiary/aromatic N) is 1. The van der Waals surface area contributed by atoms with Crippen molar-refractivity contribution >= 4 is 54.0 Å². The lowest BCUT2D eigenvalue weighted by Gasteiger charge is -2.04. The fourth-order valence-corrected chi connectivity index (χ4v) is 4.68. The Kier molecular flexibility index (Phi) is 2.81. The molecule has 0 fully saturated rings. The van der Waals surface area contributed by atoms with Crippen LogP contribution in [0.3, 0.4) is 0 Å². The van der Waals surface area contributed by atoms with Gasteiger partial charge in [-0.3, -0.25) is 0 Å². The number of fused-ring (bicyclic) bond motifs is 6. The molecule has 0 unspecified atom stereocenters. The third kappa shape index (κ3) is 1.80. The largest absolute Gasteiger partial charge is 0.308 e. The number of benzene rings is 4. The second-order valence-electron chi connectivity index (χ2n) is 6.80. The first kappa shape index (κ1) is 14.3. The highest BCUT2D eigenvalue weighted by Gasteiger charge is 2.16. The fourth-order valence-electron chi connectivity index (χ4n) is 4.28. The van der Waals surface area contributed by atoms with E-state index in [9.17, 15) is 0 Å². The maximum absolute atomic E-state index is 3.59. The van der Waals surface area contributed by atoms with Gasteiger partial charge in [0.2, 0.25) is 0 Å². The number of hydrogen-bond donors (Lipinski definition) is 0. The summed E-state index contributed by atoms with van der Waals surface area (Å²) in [6, 6.07) is 30.7. The fraction of sp³-hybridized carbons (Fsp3) is 0. The Morgan fingerprint density at radius 2 is 1.23 bits per heavy atom. The summed E-state index contributed by atoms with van der Waals surface area (Å²) in [7, 11) is 0. The van der Waals surface area contributed by atoms with Gasteiger partial charge in [-0.2, -0.15) is 0 Å². The Labute approximate surface area is 158 Å². The van der Waals surface area contributed by atoms with E-state index in [2.05, 4.69) is 105 Å². The van der Waals surface area contributed by atoms with Gasteiger partial charge in [0.15, 0.2) is 0 Å². The molecule has 0 amide bonds. The monoisotopic (exact) mass is 395 g/mol. The van der Waals surface area contributed by atoms with Gasteiger partial charge in [-0.05, 0) is 35.4 Å². The van der Waals surface area contributed by atoms with Crippen molar-refractivity contribution in [1.82, 2.24) is 4.40 Å². The van der Waals surface area contributed by atoms with E-state index in [4.69, 9.17) is 0 Å². The second kappa shape index (κ2) is 5.09. The van der Waals surface area contributed by atoms with Crippen LogP contribution in [0.5, 0.6) is 0 Å². The molecule has 0 saturated carbocycles. The summed E-state index contributed by atoms with van der Waals surface area (Å²) in [5.74, 6) is 0. The number of aromatic nitrogens is 1. The first-order valence-corrected chi connectivity index (χ1v) is 9.53. The van der Waals surface area contributed by atoms with Crippen molar-refractivity contribution in [3.05, 3.63) is 89.4 Å². The van der Waals surface area contributed by atoms with Crippen molar-refractivity contribution in [3.63, 3.8) is 0 Å². The standard InChI is InChI=1S/C24H14BrN/c25-17-6-3-5-15(13-17)16-11-12-19-21-9-4-8-20-18-7-1-2-10-22(18)26(24(20)21)23(19)14-16/h1-14H. The Hall–Kier alpha value is -2.84. The summed E-state index contributed by atoms with van der Waals surface area (Å²) in [4.78, 5) is 0. The van der Waals surface area contributed by atoms with Crippen molar-refractivity contribution in [2.75, 3.05) is 0 Å². The minimum atomic E-state index is 1.10. The van der Waals surface area contributed by atoms with E-state index in [-0.39, 0.29) is 0 Å². The summed E-state index contributed by atoms with van der Waals surface area (Å²) < 4.78 is 3.53. The van der Waals surface area contributed by atoms with Crippen LogP contribution in [0.2, 0.25) is 0 Å². The van der Waals surface area contributed by atoms with E-state index in [0.29, 0.717) is 0 Å². The lowest BCUT2D eigenvalue weighted by molar-refractivity contribution is 1.37. The van der Waals surface area contributed by atoms with Gasteiger partial charge < -0.3 is 4.40 Å². The molecule has 0 aliphatic rings. The van der Waals surface area contributed by atoms with Gasteiger partial charge in [-0.15, -0.1) is 0 Å². The molecule has 26 heavy (non-hydrogen) atoms. The highest BCUT2D eigenvalue weighted by atomic mass is 79.9. The molecule has 0 saturated heterocycles. The van der Waals surface area contributed by atoms with E-state index < -0.39 is 0 Å². The zero-order valence-corrected chi connectivity index (χ0v) is 15.5. The minimum Gasteiger partial charge on any atom is -0.308 e. The third-order valence-corrected chi connectivity index (χ3v) is 5.87. The average Bonchev–Trinajstić information content (AvgIpc) is 3.19. The lowest BCUT2D eigenvalue weighted by Crippen LogP contribution is -1.82. The van der Waals surface area contributed by atoms with Gasteiger partial charge in [0.1, 0.15) is 0 Å². The van der Waals surface area contributed by atoms with Crippen LogP contribution in [0.1, 0.15) is 0 Å². The minimum absolute atomic E-state index is 1.10. The Balaban J connectivity index is 1.81. The van der Waals surface area contributed by atoms with Crippen molar-refractivity contribution < 1.29 is 0 Å². The molecular formula is C24H14BrN. The molecule has 2 heteroatoms. The number of halogens is 1. The first-order chi connectivity index (χ1) is 12.8. The summed E-state index contributed by atoms with van der Waals surface area (Å²) in [6.07, 6.45) is 0. The van der Waals surface area contributed by atoms with E-state index in [1.807, 2.05) is 0 Å². The molecule has 0 bridgehead atoms. The van der Waals surface area contributed by atoms with Gasteiger partial charge in [0, 0.05) is 26.0 Å². The topological polar surface area (TPSA) is 4.41 Å². The van der Waals surface area contributed by atoms with E-state index in [1.165, 1.54) is 49.2 Å². The van der Waals surface area contributed by atoms with Crippen molar-refractivity contribution in [2.45, 2.75) is 0 Å². The zero-order valence-electron chi connectivity index (χ0n) is 13.9. The summed E-state index contributed by atoms with van der Waals surface area (Å²) in [5, 5.41) is 5.30. The highest BCUT2D eigenvalue weighted by molar-refractivity contribution is 9.10. The van der Waals surface area contributed by atoms with Gasteiger partial charge >= 0.3 is 0 Å². The third-order valence-electron chi connectivity index (χ3n) is 5.38. The molecule has 0 radical (unpaired) electrons. The molecular weight excluding hydrogens is 382 g/mol. The molecule has 0 spiro atoms. The van der Waals surface area contributed by atoms with Crippen LogP contribution in [-0.4, -0.2) is 4.40 Å². The first-order valence-electron chi connectivity index (χ1n) is 8.74. The average molecular weight is 396 g/mol. The number of para-hydroxylation sites is 2. The number of rotatable bonds is 1. The smallest absolute Gasteiger partial charge is 0.0620 e. The van der Waals surface area contributed by atoms with Gasteiger partial charge in [-0.25, -0.2) is 0 Å². The predicted octanol–water partition coefficient (Wildman–Crippen LogP) is 7.27. The van der Waals surface area contributed by atoms with Crippen LogP contribution >= 0.6 is 15.9 Å². The number of hydrogen-bond acceptors (Lipinski definition) is 0. The normalized spacial score (nSPS) is 12.0. The van der Waals surface area contributed by atoms with E-state index >= 15 is 0 Å². The van der Waals surface area contributed by atoms with Crippen molar-refractivity contribution in [2.24, 2.45) is 0 Å². The molecule has 0 aliphatic carbocycles. The summed E-state index contributed by atoms with van der Waals surface area (Å²) >= 11 is 3.59. The molecule has 0 atom stereocenters. The van der Waals surface area contributed by atoms with E-state index in [0.717, 1.165) is 4.47 Å². The van der Waals surface area contributed by atoms with Crippen LogP contribution in [0.25, 0.3) is 49.2 Å². The SMILES string of the molecule is Brc1cccc(-c2ccc3c4cccc5c6ccccc6n(c3c2)c54)c1. The molecule has 122 valence electrons. The van der Waals surface area contributed by atoms with Crippen LogP contribution in [-0.2, 0) is 0 Å². The molecule has 0 N–H and O–H groups in total. The van der Waals surface area contributed by atoms with Crippen LogP contribution in [0.15, 0.2) is 89.4 Å². The van der Waals surface area contributed by atoms with Crippen LogP contribution in [0.4, 0.5) is 0 Å². The highest BCUT2D eigenvalue weighted by Crippen LogP contribution is 2.40. The van der Waals surface area contributed by atoms with Crippen molar-refractivity contribution in [1.29, 1.82) is 0 Å². The molecule has 2 aromatic heterocycles. The maximum atomic E-state index is 3.59. The maximum Gasteiger partial charge on any atom is 0.0620 e. The quantitative estimate of drug-likeness (QED) is 0.275. The Morgan fingerprint density at radius 3 is 2.08 bits per heavy atom. The Bertz CT molecular complexity index is 1440. The van der Waals surface area contributed by atoms with Crippen molar-refractivity contribution in [3.8, 4) is 11.1 Å². The van der Waals surface area contributed by atoms with Gasteiger partial charge in [0.25, 0.3) is 0 Å². The lowest BCUT2D eigenvalue weighted by atomic mass is 10.0. The predicted molar refractivity (Wildman–Crippen MR) is 114 cm³/mol. The molecule has 1 nitrogen and oxygen atoms in total. The molecule has 6 rings (SSSR count). The van der Waals surface area contributed by atoms with Gasteiger partial charge in [-0.1, -0.05) is 76.6 Å². The Morgan fingerprint density at radius 1 is 0.538 bits per heavy atom. The van der Waals surface area contributed by atoms with Crippen LogP contribution < -0.4 is 0 Å². The summed E-state index contributed by atoms with van der Waals surface area (Å²) in [6.45, 7) is 0. The second-order valence-corrected chi connectivity index (χ2v) is 7.71. The molecule has 4 aromatic carbocycles. The summed E-state index contributed by atoms with van der Waals surface area (Å²) in [5.41, 5.74) is 6.35. The zero-order chi connectivity index (χ0) is 17.3. The van der Waals surface area contributed by atoms with Gasteiger partial charge in [0.05, 0.1) is 16.6 Å². The molecule has 0 aliphatic heterocycles. The van der Waals surface area contributed by atoms with Crippen LogP contribution in [0, 0.1) is 0 Å². The molecule has 2 heterocycles. The molecule has 6 aromatic rings.